The number of primary amides is 1. The fraction of sp³-hybridized carbons (Fsp3) is 0.107. The normalized spacial score (nSPS) is 11.9. The molecule has 1 atom stereocenters. The second-order valence-electron chi connectivity index (χ2n) is 8.57. The molecule has 3 aromatic carbocycles. The number of nitrogens with two attached hydrogens (primary N) is 1. The lowest BCUT2D eigenvalue weighted by Gasteiger charge is -2.21. The van der Waals surface area contributed by atoms with Crippen LogP contribution in [0.2, 0.25) is 0 Å². The molecule has 38 heavy (non-hydrogen) atoms. The Morgan fingerprint density at radius 3 is 2.39 bits per heavy atom. The van der Waals surface area contributed by atoms with Gasteiger partial charge in [0.05, 0.1) is 22.2 Å². The number of benzene rings is 3. The maximum absolute atomic E-state index is 14.1. The highest BCUT2D eigenvalue weighted by molar-refractivity contribution is 7.90. The highest BCUT2D eigenvalue weighted by atomic mass is 32.2. The second kappa shape index (κ2) is 11.2. The van der Waals surface area contributed by atoms with Gasteiger partial charge >= 0.3 is 6.03 Å². The number of amides is 3. The van der Waals surface area contributed by atoms with Gasteiger partial charge in [0.1, 0.15) is 5.82 Å². The van der Waals surface area contributed by atoms with Gasteiger partial charge in [-0.2, -0.15) is 0 Å². The van der Waals surface area contributed by atoms with Gasteiger partial charge in [0.15, 0.2) is 0 Å². The van der Waals surface area contributed by atoms with Gasteiger partial charge in [0, 0.05) is 18.2 Å². The second-order valence-corrected chi connectivity index (χ2v) is 10.2. The molecule has 1 heterocycles. The number of hydrogen-bond acceptors (Lipinski definition) is 5. The summed E-state index contributed by atoms with van der Waals surface area (Å²) in [4.78, 5) is 29.0. The molecule has 194 valence electrons. The van der Waals surface area contributed by atoms with Crippen molar-refractivity contribution in [2.45, 2.75) is 24.3 Å². The standard InChI is InChI=1S/C28H25FN4O4S/c1-18-8-5-6-12-26(18)38(36,37)33-28(35)32-24(19-9-3-2-4-10-19)17-25-21(11-7-15-31-25)20-13-14-23(29)22(16-20)27(30)34/h2-16,24H,17H2,1H3,(H2,30,34)(H2,32,33,35). The van der Waals surface area contributed by atoms with E-state index in [-0.39, 0.29) is 16.9 Å². The summed E-state index contributed by atoms with van der Waals surface area (Å²) in [5, 5.41) is 2.74. The summed E-state index contributed by atoms with van der Waals surface area (Å²) in [7, 11) is -4.12. The highest BCUT2D eigenvalue weighted by Crippen LogP contribution is 2.28. The Hall–Kier alpha value is -4.57. The Labute approximate surface area is 219 Å². The van der Waals surface area contributed by atoms with E-state index >= 15 is 0 Å². The average Bonchev–Trinajstić information content (AvgIpc) is 2.89. The molecule has 1 aromatic heterocycles. The molecule has 4 aromatic rings. The van der Waals surface area contributed by atoms with E-state index in [1.807, 2.05) is 6.07 Å². The maximum atomic E-state index is 14.1. The molecule has 0 fully saturated rings. The SMILES string of the molecule is Cc1ccccc1S(=O)(=O)NC(=O)NC(Cc1ncccc1-c1ccc(F)c(C(N)=O)c1)c1ccccc1. The summed E-state index contributed by atoms with van der Waals surface area (Å²) in [6, 6.07) is 21.2. The van der Waals surface area contributed by atoms with Crippen LogP contribution < -0.4 is 15.8 Å². The fourth-order valence-corrected chi connectivity index (χ4v) is 5.26. The molecule has 0 aliphatic carbocycles. The Balaban J connectivity index is 1.65. The van der Waals surface area contributed by atoms with Crippen LogP contribution in [-0.4, -0.2) is 25.3 Å². The Kier molecular flexibility index (Phi) is 7.82. The lowest BCUT2D eigenvalue weighted by atomic mass is 9.95. The Bertz CT molecular complexity index is 1590. The van der Waals surface area contributed by atoms with E-state index in [1.165, 1.54) is 18.2 Å². The van der Waals surface area contributed by atoms with Crippen LogP contribution in [0.15, 0.2) is 96.0 Å². The molecule has 3 amide bonds. The summed E-state index contributed by atoms with van der Waals surface area (Å²) in [6.07, 6.45) is 1.74. The predicted molar refractivity (Wildman–Crippen MR) is 141 cm³/mol. The molecule has 4 N–H and O–H groups in total. The van der Waals surface area contributed by atoms with Gasteiger partial charge in [0.2, 0.25) is 0 Å². The van der Waals surface area contributed by atoms with E-state index in [4.69, 9.17) is 5.73 Å². The number of carbonyl (C=O) groups excluding carboxylic acids is 2. The molecule has 0 saturated carbocycles. The molecule has 1 unspecified atom stereocenters. The van der Waals surface area contributed by atoms with Gasteiger partial charge in [-0.1, -0.05) is 60.7 Å². The molecule has 0 saturated heterocycles. The lowest BCUT2D eigenvalue weighted by Crippen LogP contribution is -2.42. The topological polar surface area (TPSA) is 131 Å². The van der Waals surface area contributed by atoms with Crippen LogP contribution in [0, 0.1) is 12.7 Å². The number of carbonyl (C=O) groups is 2. The van der Waals surface area contributed by atoms with Crippen LogP contribution in [0.5, 0.6) is 0 Å². The lowest BCUT2D eigenvalue weighted by molar-refractivity contribution is 0.0996. The molecule has 8 nitrogen and oxygen atoms in total. The van der Waals surface area contributed by atoms with E-state index in [2.05, 4.69) is 15.0 Å². The number of pyridine rings is 1. The fourth-order valence-electron chi connectivity index (χ4n) is 4.10. The molecule has 0 aliphatic heterocycles. The predicted octanol–water partition coefficient (Wildman–Crippen LogP) is 4.27. The number of hydrogen-bond donors (Lipinski definition) is 3. The summed E-state index contributed by atoms with van der Waals surface area (Å²) in [6.45, 7) is 1.64. The van der Waals surface area contributed by atoms with E-state index < -0.39 is 33.8 Å². The first-order chi connectivity index (χ1) is 18.2. The zero-order valence-corrected chi connectivity index (χ0v) is 21.2. The monoisotopic (exact) mass is 532 g/mol. The number of aryl methyl sites for hydroxylation is 1. The largest absolute Gasteiger partial charge is 0.366 e. The summed E-state index contributed by atoms with van der Waals surface area (Å²) >= 11 is 0. The molecular formula is C28H25FN4O4S. The van der Waals surface area contributed by atoms with Gasteiger partial charge in [-0.15, -0.1) is 0 Å². The minimum atomic E-state index is -4.12. The zero-order chi connectivity index (χ0) is 27.3. The number of nitrogens with zero attached hydrogens (tertiary/aromatic N) is 1. The summed E-state index contributed by atoms with van der Waals surface area (Å²) in [5.41, 5.74) is 7.92. The van der Waals surface area contributed by atoms with Gasteiger partial charge in [-0.3, -0.25) is 9.78 Å². The highest BCUT2D eigenvalue weighted by Gasteiger charge is 2.23. The maximum Gasteiger partial charge on any atom is 0.329 e. The van der Waals surface area contributed by atoms with Crippen LogP contribution >= 0.6 is 0 Å². The van der Waals surface area contributed by atoms with Crippen molar-refractivity contribution in [3.05, 3.63) is 119 Å². The number of nitrogens with one attached hydrogen (secondary N) is 2. The number of sulfonamides is 1. The van der Waals surface area contributed by atoms with Gasteiger partial charge in [-0.25, -0.2) is 22.3 Å². The first-order valence-corrected chi connectivity index (χ1v) is 13.1. The van der Waals surface area contributed by atoms with E-state index in [9.17, 15) is 22.4 Å². The average molecular weight is 533 g/mol. The van der Waals surface area contributed by atoms with Crippen molar-refractivity contribution < 1.29 is 22.4 Å². The molecule has 0 aliphatic rings. The van der Waals surface area contributed by atoms with Crippen LogP contribution in [0.1, 0.15) is 33.2 Å². The summed E-state index contributed by atoms with van der Waals surface area (Å²) in [5.74, 6) is -1.63. The number of urea groups is 1. The van der Waals surface area contributed by atoms with Gasteiger partial charge < -0.3 is 11.1 Å². The number of aromatic nitrogens is 1. The van der Waals surface area contributed by atoms with E-state index in [1.54, 1.807) is 67.7 Å². The number of halogens is 1. The molecule has 0 spiro atoms. The van der Waals surface area contributed by atoms with E-state index in [0.717, 1.165) is 6.07 Å². The number of rotatable bonds is 8. The zero-order valence-electron chi connectivity index (χ0n) is 20.4. The van der Waals surface area contributed by atoms with E-state index in [0.29, 0.717) is 27.9 Å². The smallest absolute Gasteiger partial charge is 0.329 e. The summed E-state index contributed by atoms with van der Waals surface area (Å²) < 4.78 is 41.8. The van der Waals surface area contributed by atoms with Crippen molar-refractivity contribution in [3.8, 4) is 11.1 Å². The van der Waals surface area contributed by atoms with Crippen molar-refractivity contribution in [2.75, 3.05) is 0 Å². The molecule has 0 bridgehead atoms. The van der Waals surface area contributed by atoms with Gasteiger partial charge in [0.25, 0.3) is 15.9 Å². The van der Waals surface area contributed by atoms with Crippen LogP contribution in [-0.2, 0) is 16.4 Å². The molecule has 0 radical (unpaired) electrons. The van der Waals surface area contributed by atoms with Crippen molar-refractivity contribution >= 4 is 22.0 Å². The van der Waals surface area contributed by atoms with Crippen molar-refractivity contribution in [3.63, 3.8) is 0 Å². The van der Waals surface area contributed by atoms with Crippen LogP contribution in [0.25, 0.3) is 11.1 Å². The van der Waals surface area contributed by atoms with Crippen LogP contribution in [0.4, 0.5) is 9.18 Å². The third-order valence-electron chi connectivity index (χ3n) is 5.95. The Morgan fingerprint density at radius 2 is 1.68 bits per heavy atom. The minimum absolute atomic E-state index is 0.0000108. The molecule has 10 heteroatoms. The Morgan fingerprint density at radius 1 is 0.974 bits per heavy atom. The molecular weight excluding hydrogens is 507 g/mol. The van der Waals surface area contributed by atoms with Crippen LogP contribution in [0.3, 0.4) is 0 Å². The molecule has 4 rings (SSSR count). The first kappa shape index (κ1) is 26.5. The third-order valence-corrected chi connectivity index (χ3v) is 7.44. The van der Waals surface area contributed by atoms with Crippen molar-refractivity contribution in [1.29, 1.82) is 0 Å². The first-order valence-electron chi connectivity index (χ1n) is 11.6. The quantitative estimate of drug-likeness (QED) is 0.312. The van der Waals surface area contributed by atoms with Crippen molar-refractivity contribution in [1.82, 2.24) is 15.0 Å². The minimum Gasteiger partial charge on any atom is -0.366 e. The van der Waals surface area contributed by atoms with Crippen molar-refractivity contribution in [2.24, 2.45) is 5.73 Å². The van der Waals surface area contributed by atoms with Gasteiger partial charge in [-0.05, 0) is 47.9 Å². The third kappa shape index (κ3) is 6.04.